The van der Waals surface area contributed by atoms with Gasteiger partial charge in [0.15, 0.2) is 23.9 Å². The van der Waals surface area contributed by atoms with Crippen molar-refractivity contribution in [3.8, 4) is 17.2 Å². The van der Waals surface area contributed by atoms with Crippen molar-refractivity contribution in [3.05, 3.63) is 72.3 Å². The van der Waals surface area contributed by atoms with Gasteiger partial charge in [0.05, 0.1) is 19.6 Å². The van der Waals surface area contributed by atoms with Gasteiger partial charge in [-0.3, -0.25) is 19.5 Å². The van der Waals surface area contributed by atoms with E-state index in [1.54, 1.807) is 13.3 Å². The number of fused-ring (bicyclic) bond motifs is 1. The van der Waals surface area contributed by atoms with Crippen molar-refractivity contribution in [1.82, 2.24) is 9.88 Å². The maximum Gasteiger partial charge on any atom is 0.308 e. The number of amides is 1. The van der Waals surface area contributed by atoms with E-state index in [4.69, 9.17) is 14.2 Å². The number of likely N-dealkylation sites (tertiary alicyclic amines) is 1. The Morgan fingerprint density at radius 1 is 1.21 bits per heavy atom. The van der Waals surface area contributed by atoms with Crippen molar-refractivity contribution < 1.29 is 33.5 Å². The molecular weight excluding hydrogens is 536 g/mol. The Kier molecular flexibility index (Phi) is 9.22. The molecule has 10 nitrogen and oxygen atoms in total. The van der Waals surface area contributed by atoms with E-state index in [1.165, 1.54) is 0 Å². The van der Waals surface area contributed by atoms with Crippen LogP contribution in [0, 0.1) is 5.92 Å². The van der Waals surface area contributed by atoms with Crippen LogP contribution < -0.4 is 23.7 Å². The van der Waals surface area contributed by atoms with Crippen LogP contribution in [0.15, 0.2) is 61.1 Å². The minimum atomic E-state index is -0.893. The minimum absolute atomic E-state index is 0.0504. The molecule has 0 bridgehead atoms. The maximum absolute atomic E-state index is 14.0. The van der Waals surface area contributed by atoms with Crippen molar-refractivity contribution >= 4 is 17.6 Å². The summed E-state index contributed by atoms with van der Waals surface area (Å²) in [6.07, 6.45) is 8.59. The fourth-order valence-corrected chi connectivity index (χ4v) is 6.10. The number of carboxylic acid groups (broad SMARTS) is 1. The van der Waals surface area contributed by atoms with Gasteiger partial charge in [-0.05, 0) is 55.2 Å². The number of hydrogen-bond donors (Lipinski definition) is 1. The quantitative estimate of drug-likeness (QED) is 0.327. The summed E-state index contributed by atoms with van der Waals surface area (Å²) in [6.45, 7) is 3.29. The first-order valence-corrected chi connectivity index (χ1v) is 14.5. The van der Waals surface area contributed by atoms with Gasteiger partial charge in [-0.1, -0.05) is 19.4 Å². The van der Waals surface area contributed by atoms with Crippen LogP contribution in [0.3, 0.4) is 0 Å². The molecule has 1 N–H and O–H groups in total. The van der Waals surface area contributed by atoms with Gasteiger partial charge in [0.1, 0.15) is 12.7 Å². The van der Waals surface area contributed by atoms with E-state index in [0.717, 1.165) is 29.8 Å². The Balaban J connectivity index is 1.47. The molecule has 1 amide bonds. The lowest BCUT2D eigenvalue weighted by molar-refractivity contribution is -0.670. The number of rotatable bonds is 12. The zero-order valence-electron chi connectivity index (χ0n) is 24.4. The molecule has 0 saturated carbocycles. The number of methoxy groups -OCH3 is 1. The minimum Gasteiger partial charge on any atom is -0.493 e. The first kappa shape index (κ1) is 29.3. The number of carboxylic acids is 1. The van der Waals surface area contributed by atoms with E-state index in [-0.39, 0.29) is 31.2 Å². The average Bonchev–Trinajstić information content (AvgIpc) is 3.61. The second-order valence-corrected chi connectivity index (χ2v) is 10.9. The standard InChI is InChI=1S/C32H38N4O6/c1-4-5-15-36(24-10-8-14-34(2)18-24)29(37)20-35-19-25(22-16-27(40-3)31-28(17-22)41-21-42-31)30(32(38)39)26(35)12-11-23-9-6-7-13-33-23/h6-10,13-14,16-18,25-26,30H,4-5,11-12,15,19-21H2,1-3H3/p+1/t25-,26+,30?/m1/s1. The summed E-state index contributed by atoms with van der Waals surface area (Å²) in [5.74, 6) is -0.507. The van der Waals surface area contributed by atoms with E-state index in [9.17, 15) is 14.7 Å². The smallest absolute Gasteiger partial charge is 0.308 e. The fraction of sp³-hybridized carbons (Fsp3) is 0.438. The van der Waals surface area contributed by atoms with Gasteiger partial charge in [0, 0.05) is 43.0 Å². The van der Waals surface area contributed by atoms with E-state index in [1.807, 2.05) is 76.3 Å². The molecule has 4 heterocycles. The molecule has 1 saturated heterocycles. The molecule has 5 rings (SSSR count). The van der Waals surface area contributed by atoms with Gasteiger partial charge in [0.25, 0.3) is 0 Å². The lowest BCUT2D eigenvalue weighted by Gasteiger charge is -2.29. The molecule has 1 aromatic carbocycles. The Labute approximate surface area is 246 Å². The molecule has 42 heavy (non-hydrogen) atoms. The number of carbonyl (C=O) groups is 2. The van der Waals surface area contributed by atoms with E-state index < -0.39 is 11.9 Å². The average molecular weight is 576 g/mol. The third kappa shape index (κ3) is 6.33. The number of aryl methyl sites for hydroxylation is 2. The summed E-state index contributed by atoms with van der Waals surface area (Å²) < 4.78 is 18.7. The van der Waals surface area contributed by atoms with Crippen LogP contribution >= 0.6 is 0 Å². The summed E-state index contributed by atoms with van der Waals surface area (Å²) in [7, 11) is 3.49. The zero-order valence-corrected chi connectivity index (χ0v) is 24.4. The molecule has 2 aliphatic rings. The molecule has 0 aliphatic carbocycles. The van der Waals surface area contributed by atoms with Gasteiger partial charge in [0.2, 0.25) is 18.4 Å². The van der Waals surface area contributed by atoms with Crippen molar-refractivity contribution in [2.45, 2.75) is 44.6 Å². The van der Waals surface area contributed by atoms with Gasteiger partial charge >= 0.3 is 5.97 Å². The number of benzene rings is 1. The van der Waals surface area contributed by atoms with Gasteiger partial charge in [-0.25, -0.2) is 4.57 Å². The monoisotopic (exact) mass is 575 g/mol. The molecular formula is C32H39N4O6+. The molecule has 2 aromatic heterocycles. The van der Waals surface area contributed by atoms with E-state index in [0.29, 0.717) is 43.2 Å². The van der Waals surface area contributed by atoms with Crippen LogP contribution in [0.25, 0.3) is 0 Å². The Morgan fingerprint density at radius 2 is 2.07 bits per heavy atom. The van der Waals surface area contributed by atoms with Crippen molar-refractivity contribution in [3.63, 3.8) is 0 Å². The first-order valence-electron chi connectivity index (χ1n) is 14.5. The lowest BCUT2D eigenvalue weighted by Crippen LogP contribution is -2.45. The lowest BCUT2D eigenvalue weighted by atomic mass is 9.83. The Hall–Kier alpha value is -4.18. The van der Waals surface area contributed by atoms with Crippen molar-refractivity contribution in [1.29, 1.82) is 0 Å². The third-order valence-corrected chi connectivity index (χ3v) is 8.18. The van der Waals surface area contributed by atoms with Crippen LogP contribution in [-0.2, 0) is 23.1 Å². The number of unbranched alkanes of at least 4 members (excludes halogenated alkanes) is 1. The van der Waals surface area contributed by atoms with Gasteiger partial charge < -0.3 is 24.2 Å². The highest BCUT2D eigenvalue weighted by Gasteiger charge is 2.47. The summed E-state index contributed by atoms with van der Waals surface area (Å²) in [6, 6.07) is 12.9. The summed E-state index contributed by atoms with van der Waals surface area (Å²) >= 11 is 0. The molecule has 10 heteroatoms. The predicted octanol–water partition coefficient (Wildman–Crippen LogP) is 3.58. The van der Waals surface area contributed by atoms with Crippen molar-refractivity contribution in [2.75, 3.05) is 38.4 Å². The fourth-order valence-electron chi connectivity index (χ4n) is 6.10. The highest BCUT2D eigenvalue weighted by molar-refractivity contribution is 5.94. The molecule has 0 spiro atoms. The molecule has 3 aromatic rings. The number of carbonyl (C=O) groups excluding carboxylic acids is 1. The van der Waals surface area contributed by atoms with Crippen LogP contribution in [0.2, 0.25) is 0 Å². The van der Waals surface area contributed by atoms with Crippen molar-refractivity contribution in [2.24, 2.45) is 13.0 Å². The number of nitrogens with zero attached hydrogens (tertiary/aromatic N) is 4. The number of aliphatic carboxylic acids is 1. The number of hydrogen-bond acceptors (Lipinski definition) is 7. The third-order valence-electron chi connectivity index (χ3n) is 8.18. The van der Waals surface area contributed by atoms with E-state index in [2.05, 4.69) is 11.9 Å². The second-order valence-electron chi connectivity index (χ2n) is 10.9. The van der Waals surface area contributed by atoms with Crippen LogP contribution in [-0.4, -0.2) is 66.4 Å². The highest BCUT2D eigenvalue weighted by Crippen LogP contribution is 2.47. The molecule has 222 valence electrons. The predicted molar refractivity (Wildman–Crippen MR) is 156 cm³/mol. The summed E-state index contributed by atoms with van der Waals surface area (Å²) in [5.41, 5.74) is 2.51. The number of ether oxygens (including phenoxy) is 3. The van der Waals surface area contributed by atoms with E-state index >= 15 is 0 Å². The zero-order chi connectivity index (χ0) is 29.6. The topological polar surface area (TPSA) is 105 Å². The maximum atomic E-state index is 14.0. The van der Waals surface area contributed by atoms with Gasteiger partial charge in [-0.15, -0.1) is 0 Å². The summed E-state index contributed by atoms with van der Waals surface area (Å²) in [5, 5.41) is 10.6. The number of anilines is 1. The summed E-state index contributed by atoms with van der Waals surface area (Å²) in [4.78, 5) is 35.2. The molecule has 0 radical (unpaired) electrons. The first-order chi connectivity index (χ1) is 20.4. The normalized spacial score (nSPS) is 19.5. The SMILES string of the molecule is CCCCN(C(=O)CN1C[C@H](c2cc(OC)c3c(c2)OCO3)C(C(=O)O)[C@@H]1CCc1ccccn1)c1ccc[n+](C)c1. The number of aromatic nitrogens is 2. The highest BCUT2D eigenvalue weighted by atomic mass is 16.7. The Morgan fingerprint density at radius 3 is 2.79 bits per heavy atom. The molecule has 1 fully saturated rings. The van der Waals surface area contributed by atoms with Crippen LogP contribution in [0.4, 0.5) is 5.69 Å². The molecule has 1 unspecified atom stereocenters. The molecule has 3 atom stereocenters. The second kappa shape index (κ2) is 13.2. The van der Waals surface area contributed by atoms with Crippen LogP contribution in [0.1, 0.15) is 43.4 Å². The van der Waals surface area contributed by atoms with Crippen LogP contribution in [0.5, 0.6) is 17.2 Å². The largest absolute Gasteiger partial charge is 0.493 e. The number of pyridine rings is 2. The van der Waals surface area contributed by atoms with Gasteiger partial charge in [-0.2, -0.15) is 0 Å². The Bertz CT molecular complexity index is 1400. The molecule has 2 aliphatic heterocycles.